The van der Waals surface area contributed by atoms with Crippen molar-refractivity contribution in [1.29, 1.82) is 0 Å². The lowest BCUT2D eigenvalue weighted by Crippen LogP contribution is -2.36. The molecule has 0 saturated carbocycles. The molecule has 1 aromatic carbocycles. The van der Waals surface area contributed by atoms with E-state index in [1.807, 2.05) is 38.1 Å². The summed E-state index contributed by atoms with van der Waals surface area (Å²) in [5.74, 6) is 0.326. The van der Waals surface area contributed by atoms with Crippen molar-refractivity contribution in [3.8, 4) is 0 Å². The summed E-state index contributed by atoms with van der Waals surface area (Å²) < 4.78 is 5.38. The van der Waals surface area contributed by atoms with Gasteiger partial charge in [-0.2, -0.15) is 0 Å². The lowest BCUT2D eigenvalue weighted by molar-refractivity contribution is -0.138. The fourth-order valence-corrected chi connectivity index (χ4v) is 2.93. The minimum atomic E-state index is -0.882. The summed E-state index contributed by atoms with van der Waals surface area (Å²) in [6.45, 7) is 7.52. The summed E-state index contributed by atoms with van der Waals surface area (Å²) in [5, 5.41) is 13.4. The van der Waals surface area contributed by atoms with Crippen LogP contribution in [0.15, 0.2) is 24.3 Å². The molecule has 1 aliphatic heterocycles. The monoisotopic (exact) mass is 344 g/mol. The van der Waals surface area contributed by atoms with Crippen LogP contribution in [0.25, 0.3) is 10.9 Å². The largest absolute Gasteiger partial charge is 0.480 e. The molecule has 25 heavy (non-hydrogen) atoms. The van der Waals surface area contributed by atoms with Crippen LogP contribution in [-0.2, 0) is 16.1 Å². The quantitative estimate of drug-likeness (QED) is 0.828. The average Bonchev–Trinajstić information content (AvgIpc) is 2.59. The van der Waals surface area contributed by atoms with Gasteiger partial charge < -0.3 is 15.2 Å². The maximum Gasteiger partial charge on any atom is 0.326 e. The van der Waals surface area contributed by atoms with Crippen molar-refractivity contribution in [3.63, 3.8) is 0 Å². The zero-order valence-electron chi connectivity index (χ0n) is 14.6. The van der Waals surface area contributed by atoms with E-state index in [1.54, 1.807) is 0 Å². The van der Waals surface area contributed by atoms with Gasteiger partial charge in [0.05, 0.1) is 25.3 Å². The van der Waals surface area contributed by atoms with Crippen LogP contribution >= 0.6 is 0 Å². The Labute approximate surface area is 147 Å². The molecular formula is C18H24N4O3. The van der Waals surface area contributed by atoms with Gasteiger partial charge in [0.1, 0.15) is 17.7 Å². The molecule has 1 unspecified atom stereocenters. The zero-order chi connectivity index (χ0) is 17.8. The maximum absolute atomic E-state index is 11.6. The second-order valence-corrected chi connectivity index (χ2v) is 6.60. The molecule has 3 rings (SSSR count). The first kappa shape index (κ1) is 17.6. The maximum atomic E-state index is 11.6. The molecule has 0 aliphatic carbocycles. The van der Waals surface area contributed by atoms with Crippen molar-refractivity contribution in [2.75, 3.05) is 31.6 Å². The van der Waals surface area contributed by atoms with Crippen LogP contribution in [0.4, 0.5) is 5.82 Å². The topological polar surface area (TPSA) is 87.6 Å². The first-order valence-corrected chi connectivity index (χ1v) is 8.59. The molecule has 2 N–H and O–H groups in total. The highest BCUT2D eigenvalue weighted by Crippen LogP contribution is 2.23. The van der Waals surface area contributed by atoms with E-state index < -0.39 is 12.0 Å². The predicted octanol–water partition coefficient (Wildman–Crippen LogP) is 1.98. The van der Waals surface area contributed by atoms with Crippen LogP contribution in [-0.4, -0.2) is 58.3 Å². The van der Waals surface area contributed by atoms with Crippen LogP contribution in [0.2, 0.25) is 0 Å². The second-order valence-electron chi connectivity index (χ2n) is 6.60. The number of carbonyl (C=O) groups is 1. The lowest BCUT2D eigenvalue weighted by Gasteiger charge is -2.26. The van der Waals surface area contributed by atoms with E-state index in [0.717, 1.165) is 24.0 Å². The summed E-state index contributed by atoms with van der Waals surface area (Å²) in [7, 11) is 0. The van der Waals surface area contributed by atoms with Crippen LogP contribution < -0.4 is 5.32 Å². The fourth-order valence-electron chi connectivity index (χ4n) is 2.93. The van der Waals surface area contributed by atoms with E-state index >= 15 is 0 Å². The Balaban J connectivity index is 1.93. The number of fused-ring (bicyclic) bond motifs is 1. The molecule has 2 aromatic rings. The third-order valence-corrected chi connectivity index (χ3v) is 4.34. The molecule has 0 amide bonds. The van der Waals surface area contributed by atoms with Crippen molar-refractivity contribution in [2.45, 2.75) is 26.4 Å². The van der Waals surface area contributed by atoms with E-state index in [9.17, 15) is 9.90 Å². The number of aliphatic carboxylic acids is 1. The Morgan fingerprint density at radius 1 is 1.28 bits per heavy atom. The number of anilines is 1. The van der Waals surface area contributed by atoms with Crippen molar-refractivity contribution < 1.29 is 14.6 Å². The number of carboxylic acids is 1. The molecule has 7 nitrogen and oxygen atoms in total. The number of benzene rings is 1. The highest BCUT2D eigenvalue weighted by molar-refractivity contribution is 5.91. The molecule has 1 aliphatic rings. The number of morpholine rings is 1. The van der Waals surface area contributed by atoms with Gasteiger partial charge >= 0.3 is 5.97 Å². The number of ether oxygens (including phenoxy) is 1. The van der Waals surface area contributed by atoms with Crippen LogP contribution in [0, 0.1) is 5.92 Å². The Kier molecular flexibility index (Phi) is 5.45. The van der Waals surface area contributed by atoms with Crippen LogP contribution in [0.1, 0.15) is 19.7 Å². The molecule has 0 spiro atoms. The third-order valence-electron chi connectivity index (χ3n) is 4.34. The molecule has 2 heterocycles. The smallest absolute Gasteiger partial charge is 0.326 e. The van der Waals surface area contributed by atoms with Gasteiger partial charge in [0.2, 0.25) is 0 Å². The molecule has 0 bridgehead atoms. The van der Waals surface area contributed by atoms with E-state index in [2.05, 4.69) is 20.2 Å². The number of rotatable bonds is 6. The van der Waals surface area contributed by atoms with Gasteiger partial charge in [0.15, 0.2) is 0 Å². The Bertz CT molecular complexity index is 744. The minimum Gasteiger partial charge on any atom is -0.480 e. The first-order chi connectivity index (χ1) is 12.0. The van der Waals surface area contributed by atoms with Crippen LogP contribution in [0.5, 0.6) is 0 Å². The van der Waals surface area contributed by atoms with Gasteiger partial charge in [-0.25, -0.2) is 14.8 Å². The number of para-hydroxylation sites is 1. The summed E-state index contributed by atoms with van der Waals surface area (Å²) in [6.07, 6.45) is 0. The van der Waals surface area contributed by atoms with Crippen LogP contribution in [0.3, 0.4) is 0 Å². The highest BCUT2D eigenvalue weighted by atomic mass is 16.5. The number of nitrogens with zero attached hydrogens (tertiary/aromatic N) is 3. The number of carboxylic acid groups (broad SMARTS) is 1. The molecule has 134 valence electrons. The summed E-state index contributed by atoms with van der Waals surface area (Å²) in [6, 6.07) is 6.97. The number of hydrogen-bond donors (Lipinski definition) is 2. The first-order valence-electron chi connectivity index (χ1n) is 8.59. The minimum absolute atomic E-state index is 0.0612. The Hall–Kier alpha value is -2.25. The Morgan fingerprint density at radius 3 is 2.68 bits per heavy atom. The number of nitrogens with one attached hydrogen (secondary N) is 1. The van der Waals surface area contributed by atoms with Gasteiger partial charge in [-0.05, 0) is 18.1 Å². The molecule has 1 atom stereocenters. The molecule has 7 heteroatoms. The number of hydrogen-bond acceptors (Lipinski definition) is 6. The van der Waals surface area contributed by atoms with Crippen molar-refractivity contribution in [1.82, 2.24) is 14.9 Å². The fraction of sp³-hybridized carbons (Fsp3) is 0.500. The van der Waals surface area contributed by atoms with E-state index in [4.69, 9.17) is 4.74 Å². The number of aromatic nitrogens is 2. The van der Waals surface area contributed by atoms with Gasteiger partial charge in [-0.15, -0.1) is 0 Å². The Morgan fingerprint density at radius 2 is 2.00 bits per heavy atom. The van der Waals surface area contributed by atoms with Gasteiger partial charge in [0.25, 0.3) is 0 Å². The summed E-state index contributed by atoms with van der Waals surface area (Å²) in [5.41, 5.74) is 0.816. The van der Waals surface area contributed by atoms with Gasteiger partial charge in [0, 0.05) is 18.5 Å². The second kappa shape index (κ2) is 7.76. The van der Waals surface area contributed by atoms with Gasteiger partial charge in [-0.3, -0.25) is 4.90 Å². The van der Waals surface area contributed by atoms with E-state index in [0.29, 0.717) is 31.4 Å². The zero-order valence-corrected chi connectivity index (χ0v) is 14.6. The van der Waals surface area contributed by atoms with E-state index in [-0.39, 0.29) is 5.92 Å². The van der Waals surface area contributed by atoms with Gasteiger partial charge in [-0.1, -0.05) is 26.0 Å². The third kappa shape index (κ3) is 4.24. The average molecular weight is 344 g/mol. The summed E-state index contributed by atoms with van der Waals surface area (Å²) in [4.78, 5) is 23.1. The van der Waals surface area contributed by atoms with Crippen molar-refractivity contribution in [3.05, 3.63) is 30.1 Å². The molecular weight excluding hydrogens is 320 g/mol. The van der Waals surface area contributed by atoms with Crippen molar-refractivity contribution >= 4 is 22.7 Å². The van der Waals surface area contributed by atoms with E-state index in [1.165, 1.54) is 0 Å². The molecule has 1 fully saturated rings. The normalized spacial score (nSPS) is 16.9. The lowest BCUT2D eigenvalue weighted by atomic mass is 10.0. The molecule has 0 radical (unpaired) electrons. The predicted molar refractivity (Wildman–Crippen MR) is 95.5 cm³/mol. The SMILES string of the molecule is CC(C)C(Nc1nc(CN2CCOCC2)nc2ccccc12)C(=O)O. The molecule has 1 saturated heterocycles. The van der Waals surface area contributed by atoms with Crippen molar-refractivity contribution in [2.24, 2.45) is 5.92 Å². The highest BCUT2D eigenvalue weighted by Gasteiger charge is 2.23. The standard InChI is InChI=1S/C18H24N4O3/c1-12(2)16(18(23)24)21-17-13-5-3-4-6-14(13)19-15(20-17)11-22-7-9-25-10-8-22/h3-6,12,16H,7-11H2,1-2H3,(H,23,24)(H,19,20,21). The molecule has 1 aromatic heterocycles. The summed E-state index contributed by atoms with van der Waals surface area (Å²) >= 11 is 0.